The molecule has 6 heteroatoms. The van der Waals surface area contributed by atoms with Crippen LogP contribution in [-0.2, 0) is 4.74 Å². The van der Waals surface area contributed by atoms with Crippen LogP contribution < -0.4 is 5.32 Å². The molecule has 100 valence electrons. The SMILES string of the molecule is CC(C)n1c([C@@H]2COC(=O)N2)nc2c(F)cccc21. The number of imidazole rings is 1. The number of fused-ring (bicyclic) bond motifs is 1. The van der Waals surface area contributed by atoms with E-state index in [1.165, 1.54) is 6.07 Å². The van der Waals surface area contributed by atoms with Crippen molar-refractivity contribution in [3.63, 3.8) is 0 Å². The summed E-state index contributed by atoms with van der Waals surface area (Å²) in [6, 6.07) is 4.65. The van der Waals surface area contributed by atoms with Gasteiger partial charge in [-0.1, -0.05) is 6.07 Å². The maximum atomic E-state index is 13.8. The Morgan fingerprint density at radius 1 is 1.53 bits per heavy atom. The summed E-state index contributed by atoms with van der Waals surface area (Å²) in [6.45, 7) is 4.21. The summed E-state index contributed by atoms with van der Waals surface area (Å²) >= 11 is 0. The van der Waals surface area contributed by atoms with E-state index in [9.17, 15) is 9.18 Å². The number of aromatic nitrogens is 2. The van der Waals surface area contributed by atoms with Gasteiger partial charge in [0.25, 0.3) is 0 Å². The van der Waals surface area contributed by atoms with Crippen LogP contribution in [0.15, 0.2) is 18.2 Å². The molecule has 5 nitrogen and oxygen atoms in total. The summed E-state index contributed by atoms with van der Waals surface area (Å²) in [5.41, 5.74) is 1.05. The quantitative estimate of drug-likeness (QED) is 0.905. The molecule has 1 N–H and O–H groups in total. The summed E-state index contributed by atoms with van der Waals surface area (Å²) in [6.07, 6.45) is -0.465. The molecule has 1 saturated heterocycles. The zero-order valence-electron chi connectivity index (χ0n) is 10.7. The van der Waals surface area contributed by atoms with Crippen LogP contribution in [0.5, 0.6) is 0 Å². The average Bonchev–Trinajstić information content (AvgIpc) is 2.93. The zero-order valence-corrected chi connectivity index (χ0v) is 10.7. The normalized spacial score (nSPS) is 18.9. The van der Waals surface area contributed by atoms with Crippen molar-refractivity contribution in [3.05, 3.63) is 29.8 Å². The van der Waals surface area contributed by atoms with Crippen molar-refractivity contribution in [2.24, 2.45) is 0 Å². The average molecular weight is 263 g/mol. The van der Waals surface area contributed by atoms with Gasteiger partial charge in [0.05, 0.1) is 5.52 Å². The smallest absolute Gasteiger partial charge is 0.407 e. The highest BCUT2D eigenvalue weighted by Gasteiger charge is 2.30. The number of carbonyl (C=O) groups excluding carboxylic acids is 1. The number of amides is 1. The molecule has 0 spiro atoms. The van der Waals surface area contributed by atoms with Crippen molar-refractivity contribution >= 4 is 17.1 Å². The molecule has 0 saturated carbocycles. The van der Waals surface area contributed by atoms with Gasteiger partial charge in [0.2, 0.25) is 0 Å². The highest BCUT2D eigenvalue weighted by molar-refractivity contribution is 5.77. The molecule has 1 aromatic heterocycles. The van der Waals surface area contributed by atoms with E-state index < -0.39 is 6.09 Å². The van der Waals surface area contributed by atoms with Gasteiger partial charge in [-0.25, -0.2) is 14.2 Å². The number of nitrogens with zero attached hydrogens (tertiary/aromatic N) is 2. The Labute approximate surface area is 109 Å². The molecule has 0 unspecified atom stereocenters. The number of alkyl carbamates (subject to hydrolysis) is 1. The van der Waals surface area contributed by atoms with E-state index in [4.69, 9.17) is 4.74 Å². The fraction of sp³-hybridized carbons (Fsp3) is 0.385. The lowest BCUT2D eigenvalue weighted by atomic mass is 10.2. The Bertz CT molecular complexity index is 651. The summed E-state index contributed by atoms with van der Waals surface area (Å²) in [5, 5.41) is 2.68. The highest BCUT2D eigenvalue weighted by Crippen LogP contribution is 2.28. The van der Waals surface area contributed by atoms with Gasteiger partial charge in [-0.3, -0.25) is 0 Å². The molecule has 2 heterocycles. The van der Waals surface area contributed by atoms with Gasteiger partial charge >= 0.3 is 6.09 Å². The molecule has 1 aliphatic rings. The van der Waals surface area contributed by atoms with Crippen LogP contribution in [-0.4, -0.2) is 22.3 Å². The highest BCUT2D eigenvalue weighted by atomic mass is 19.1. The van der Waals surface area contributed by atoms with Gasteiger partial charge in [-0.15, -0.1) is 0 Å². The molecule has 0 bridgehead atoms. The Balaban J connectivity index is 2.20. The fourth-order valence-corrected chi connectivity index (χ4v) is 2.41. The van der Waals surface area contributed by atoms with Crippen molar-refractivity contribution in [1.29, 1.82) is 0 Å². The number of cyclic esters (lactones) is 1. The third kappa shape index (κ3) is 1.83. The predicted octanol–water partition coefficient (Wildman–Crippen LogP) is 2.54. The predicted molar refractivity (Wildman–Crippen MR) is 67.3 cm³/mol. The molecule has 1 aromatic carbocycles. The number of halogens is 1. The monoisotopic (exact) mass is 263 g/mol. The first kappa shape index (κ1) is 12.0. The number of nitrogens with one attached hydrogen (secondary N) is 1. The second-order valence-corrected chi connectivity index (χ2v) is 4.84. The minimum atomic E-state index is -0.465. The number of benzene rings is 1. The lowest BCUT2D eigenvalue weighted by molar-refractivity contribution is 0.176. The van der Waals surface area contributed by atoms with Gasteiger partial charge in [-0.2, -0.15) is 0 Å². The maximum Gasteiger partial charge on any atom is 0.407 e. The first-order valence-electron chi connectivity index (χ1n) is 6.17. The largest absolute Gasteiger partial charge is 0.447 e. The summed E-state index contributed by atoms with van der Waals surface area (Å²) < 4.78 is 20.6. The molecule has 3 rings (SSSR count). The Hall–Kier alpha value is -2.11. The summed E-state index contributed by atoms with van der Waals surface area (Å²) in [7, 11) is 0. The van der Waals surface area contributed by atoms with Crippen LogP contribution in [0.4, 0.5) is 9.18 Å². The lowest BCUT2D eigenvalue weighted by Crippen LogP contribution is -2.22. The van der Waals surface area contributed by atoms with E-state index in [2.05, 4.69) is 10.3 Å². The minimum absolute atomic E-state index is 0.110. The van der Waals surface area contributed by atoms with E-state index in [0.29, 0.717) is 11.3 Å². The summed E-state index contributed by atoms with van der Waals surface area (Å²) in [4.78, 5) is 15.5. The molecule has 1 amide bonds. The van der Waals surface area contributed by atoms with Crippen LogP contribution in [0.2, 0.25) is 0 Å². The lowest BCUT2D eigenvalue weighted by Gasteiger charge is -2.15. The zero-order chi connectivity index (χ0) is 13.6. The third-order valence-corrected chi connectivity index (χ3v) is 3.20. The fourth-order valence-electron chi connectivity index (χ4n) is 2.41. The van der Waals surface area contributed by atoms with Crippen molar-refractivity contribution in [3.8, 4) is 0 Å². The number of hydrogen-bond acceptors (Lipinski definition) is 3. The molecule has 0 aliphatic carbocycles. The molecular weight excluding hydrogens is 249 g/mol. The molecule has 1 aliphatic heterocycles. The van der Waals surface area contributed by atoms with E-state index >= 15 is 0 Å². The first-order valence-corrected chi connectivity index (χ1v) is 6.17. The Morgan fingerprint density at radius 3 is 2.95 bits per heavy atom. The standard InChI is InChI=1S/C13H14FN3O2/c1-7(2)17-10-5-3-4-8(14)11(10)16-12(17)9-6-19-13(18)15-9/h3-5,7,9H,6H2,1-2H3,(H,15,18)/t9-/m0/s1. The third-order valence-electron chi connectivity index (χ3n) is 3.20. The number of para-hydroxylation sites is 1. The number of carbonyl (C=O) groups is 1. The van der Waals surface area contributed by atoms with Crippen molar-refractivity contribution in [2.45, 2.75) is 25.9 Å². The minimum Gasteiger partial charge on any atom is -0.447 e. The van der Waals surface area contributed by atoms with Gasteiger partial charge in [0, 0.05) is 6.04 Å². The molecule has 1 fully saturated rings. The number of rotatable bonds is 2. The van der Waals surface area contributed by atoms with Crippen molar-refractivity contribution in [1.82, 2.24) is 14.9 Å². The van der Waals surface area contributed by atoms with Crippen molar-refractivity contribution in [2.75, 3.05) is 6.61 Å². The molecule has 1 atom stereocenters. The molecule has 19 heavy (non-hydrogen) atoms. The number of hydrogen-bond donors (Lipinski definition) is 1. The second kappa shape index (κ2) is 4.22. The van der Waals surface area contributed by atoms with Gasteiger partial charge in [0.1, 0.15) is 24.0 Å². The summed E-state index contributed by atoms with van der Waals surface area (Å²) in [5.74, 6) is 0.268. The molecular formula is C13H14FN3O2. The van der Waals surface area contributed by atoms with Gasteiger partial charge in [0.15, 0.2) is 5.82 Å². The first-order chi connectivity index (χ1) is 9.08. The van der Waals surface area contributed by atoms with Crippen molar-refractivity contribution < 1.29 is 13.9 Å². The van der Waals surface area contributed by atoms with Crippen LogP contribution in [0.3, 0.4) is 0 Å². The second-order valence-electron chi connectivity index (χ2n) is 4.84. The van der Waals surface area contributed by atoms with E-state index in [-0.39, 0.29) is 24.5 Å². The van der Waals surface area contributed by atoms with Crippen LogP contribution in [0, 0.1) is 5.82 Å². The van der Waals surface area contributed by atoms with E-state index in [1.807, 2.05) is 24.5 Å². The molecule has 2 aromatic rings. The topological polar surface area (TPSA) is 56.1 Å². The van der Waals surface area contributed by atoms with Gasteiger partial charge in [-0.05, 0) is 26.0 Å². The Kier molecular flexibility index (Phi) is 2.66. The Morgan fingerprint density at radius 2 is 2.32 bits per heavy atom. The van der Waals surface area contributed by atoms with Gasteiger partial charge < -0.3 is 14.6 Å². The van der Waals surface area contributed by atoms with Crippen LogP contribution in [0.25, 0.3) is 11.0 Å². The van der Waals surface area contributed by atoms with Crippen LogP contribution >= 0.6 is 0 Å². The van der Waals surface area contributed by atoms with E-state index in [0.717, 1.165) is 5.52 Å². The molecule has 0 radical (unpaired) electrons. The number of ether oxygens (including phenoxy) is 1. The maximum absolute atomic E-state index is 13.8. The van der Waals surface area contributed by atoms with Crippen LogP contribution in [0.1, 0.15) is 31.8 Å². The van der Waals surface area contributed by atoms with E-state index in [1.54, 1.807) is 6.07 Å².